The van der Waals surface area contributed by atoms with E-state index in [9.17, 15) is 8.78 Å². The number of benzene rings is 6. The first-order valence-corrected chi connectivity index (χ1v) is 23.6. The Morgan fingerprint density at radius 1 is 0.620 bits per heavy atom. The molecule has 2 heterocycles. The van der Waals surface area contributed by atoms with Gasteiger partial charge in [0.15, 0.2) is 11.0 Å². The van der Waals surface area contributed by atoms with Gasteiger partial charge < -0.3 is 33.0 Å². The molecule has 0 amide bonds. The van der Waals surface area contributed by atoms with E-state index in [2.05, 4.69) is 38.4 Å². The number of H-pyrrole nitrogens is 1. The van der Waals surface area contributed by atoms with Crippen molar-refractivity contribution in [2.45, 2.75) is 40.8 Å². The molecule has 0 aliphatic heterocycles. The highest BCUT2D eigenvalue weighted by atomic mass is 35.5. The van der Waals surface area contributed by atoms with Crippen molar-refractivity contribution in [3.05, 3.63) is 189 Å². The summed E-state index contributed by atoms with van der Waals surface area (Å²) in [6.45, 7) is 13.6. The van der Waals surface area contributed by atoms with E-state index in [1.807, 2.05) is 99.0 Å². The van der Waals surface area contributed by atoms with E-state index in [4.69, 9.17) is 46.4 Å². The van der Waals surface area contributed by atoms with Crippen molar-refractivity contribution in [3.8, 4) is 35.7 Å². The SMILES string of the molecule is C#Cc1c(C)cc(OCCOCCOC)cc1C.COCCOCCOc1cc(C)c(C#Cc2[nH]c3ccccc3[n+]2Cc2ccc(F)cc2)c(C)c1.Fc1ccc(Cn2c(Cl)nc3ccccc32)cc1. The Labute approximate surface area is 420 Å². The van der Waals surface area contributed by atoms with Gasteiger partial charge in [-0.2, -0.15) is 0 Å². The third-order valence-corrected chi connectivity index (χ3v) is 11.4. The number of aromatic nitrogens is 4. The zero-order chi connectivity index (χ0) is 50.5. The Kier molecular flexibility index (Phi) is 20.6. The van der Waals surface area contributed by atoms with Crippen molar-refractivity contribution in [3.63, 3.8) is 0 Å². The summed E-state index contributed by atoms with van der Waals surface area (Å²) >= 11 is 6.13. The molecule has 10 nitrogen and oxygen atoms in total. The average Bonchev–Trinajstić information content (AvgIpc) is 3.87. The maximum atomic E-state index is 13.4. The summed E-state index contributed by atoms with van der Waals surface area (Å²) in [6.07, 6.45) is 5.45. The number of para-hydroxylation sites is 4. The van der Waals surface area contributed by atoms with Crippen molar-refractivity contribution < 1.29 is 41.8 Å². The van der Waals surface area contributed by atoms with Crippen LogP contribution in [0.4, 0.5) is 8.78 Å². The molecule has 0 atom stereocenters. The maximum Gasteiger partial charge on any atom is 0.334 e. The highest BCUT2D eigenvalue weighted by molar-refractivity contribution is 6.29. The van der Waals surface area contributed by atoms with Gasteiger partial charge in [0.1, 0.15) is 42.9 Å². The summed E-state index contributed by atoms with van der Waals surface area (Å²) < 4.78 is 62.4. The molecule has 0 fully saturated rings. The summed E-state index contributed by atoms with van der Waals surface area (Å²) in [7, 11) is 3.30. The van der Waals surface area contributed by atoms with Crippen LogP contribution in [0.3, 0.4) is 0 Å². The standard InChI is InChI=1S/C29H29FN2O3.C15H20O3.C14H10ClFN2/c1-21-18-25(35-17-16-34-15-14-33-3)19-22(2)26(21)12-13-29-31-27-6-4-5-7-28(27)32(29)20-23-8-10-24(30)11-9-23;1-5-15-12(2)10-14(11-13(15)3)18-9-8-17-7-6-16-4;15-14-17-12-3-1-2-4-13(12)18(14)9-10-5-7-11(16)8-6-10/h4-11,18-19H,14-17,20H2,1-3H3;1,10-11H,6-9H2,2-4H3;1-8H,9H2/p+1. The number of rotatable bonds is 18. The van der Waals surface area contributed by atoms with E-state index in [1.54, 1.807) is 38.5 Å². The highest BCUT2D eigenvalue weighted by Gasteiger charge is 2.18. The van der Waals surface area contributed by atoms with Gasteiger partial charge in [0.05, 0.1) is 57.2 Å². The molecular weight excluding hydrogens is 922 g/mol. The van der Waals surface area contributed by atoms with E-state index in [1.165, 1.54) is 24.3 Å². The molecular formula is C58H60ClF2N4O6+. The topological polar surface area (TPSA) is 92.9 Å². The summed E-state index contributed by atoms with van der Waals surface area (Å²) in [5, 5.41) is 0.445. The number of hydrogen-bond acceptors (Lipinski definition) is 7. The molecule has 0 spiro atoms. The molecule has 0 radical (unpaired) electrons. The zero-order valence-electron chi connectivity index (χ0n) is 41.1. The largest absolute Gasteiger partial charge is 0.491 e. The van der Waals surface area contributed by atoms with Crippen molar-refractivity contribution >= 4 is 33.7 Å². The Hall–Kier alpha value is -7.03. The van der Waals surface area contributed by atoms with E-state index in [0.29, 0.717) is 71.2 Å². The molecule has 0 aliphatic rings. The number of ether oxygens (including phenoxy) is 6. The normalized spacial score (nSPS) is 10.7. The summed E-state index contributed by atoms with van der Waals surface area (Å²) in [5.41, 5.74) is 12.0. The van der Waals surface area contributed by atoms with E-state index >= 15 is 0 Å². The Balaban J connectivity index is 0.000000192. The average molecular weight is 983 g/mol. The molecule has 0 unspecified atom stereocenters. The van der Waals surface area contributed by atoms with E-state index in [-0.39, 0.29) is 11.6 Å². The summed E-state index contributed by atoms with van der Waals surface area (Å²) in [4.78, 5) is 7.71. The summed E-state index contributed by atoms with van der Waals surface area (Å²) in [5.74, 6) is 11.3. The highest BCUT2D eigenvalue weighted by Crippen LogP contribution is 2.24. The number of nitrogens with one attached hydrogen (secondary N) is 1. The first-order valence-electron chi connectivity index (χ1n) is 23.2. The van der Waals surface area contributed by atoms with Crippen LogP contribution in [0.5, 0.6) is 11.5 Å². The van der Waals surface area contributed by atoms with E-state index in [0.717, 1.165) is 83.9 Å². The van der Waals surface area contributed by atoms with Gasteiger partial charge in [-0.15, -0.1) is 6.42 Å². The van der Waals surface area contributed by atoms with Gasteiger partial charge in [-0.05, 0) is 145 Å². The van der Waals surface area contributed by atoms with Crippen LogP contribution in [0.25, 0.3) is 22.1 Å². The van der Waals surface area contributed by atoms with Crippen LogP contribution < -0.4 is 14.0 Å². The number of terminal acetylenes is 1. The Morgan fingerprint density at radius 2 is 1.13 bits per heavy atom. The number of methoxy groups -OCH3 is 2. The molecule has 6 aromatic carbocycles. The van der Waals surface area contributed by atoms with Gasteiger partial charge in [0.25, 0.3) is 0 Å². The van der Waals surface area contributed by atoms with Gasteiger partial charge in [-0.3, -0.25) is 0 Å². The maximum absolute atomic E-state index is 13.4. The van der Waals surface area contributed by atoms with Gasteiger partial charge >= 0.3 is 5.82 Å². The molecule has 1 N–H and O–H groups in total. The van der Waals surface area contributed by atoms with Crippen LogP contribution in [-0.2, 0) is 32.0 Å². The number of nitrogens with zero attached hydrogens (tertiary/aromatic N) is 3. The Morgan fingerprint density at radius 3 is 1.69 bits per heavy atom. The van der Waals surface area contributed by atoms with Gasteiger partial charge in [-0.25, -0.2) is 23.3 Å². The fourth-order valence-electron chi connectivity index (χ4n) is 7.62. The molecule has 0 saturated carbocycles. The number of hydrogen-bond donors (Lipinski definition) is 1. The molecule has 368 valence electrons. The number of halogens is 3. The van der Waals surface area contributed by atoms with Crippen LogP contribution in [0.1, 0.15) is 50.3 Å². The fourth-order valence-corrected chi connectivity index (χ4v) is 7.86. The molecule has 71 heavy (non-hydrogen) atoms. The zero-order valence-corrected chi connectivity index (χ0v) is 41.9. The Bertz CT molecular complexity index is 3030. The third kappa shape index (κ3) is 15.7. The predicted octanol–water partition coefficient (Wildman–Crippen LogP) is 10.9. The van der Waals surface area contributed by atoms with Crippen molar-refractivity contribution in [2.24, 2.45) is 0 Å². The van der Waals surface area contributed by atoms with Crippen molar-refractivity contribution in [1.29, 1.82) is 0 Å². The quantitative estimate of drug-likeness (QED) is 0.0520. The lowest BCUT2D eigenvalue weighted by Crippen LogP contribution is -2.36. The fraction of sp³-hybridized carbons (Fsp3) is 0.276. The van der Waals surface area contributed by atoms with Gasteiger partial charge in [-0.1, -0.05) is 60.4 Å². The smallest absolute Gasteiger partial charge is 0.334 e. The number of aryl methyl sites for hydroxylation is 4. The molecule has 8 aromatic rings. The number of aromatic amines is 1. The minimum Gasteiger partial charge on any atom is -0.491 e. The van der Waals surface area contributed by atoms with Crippen LogP contribution in [0.15, 0.2) is 121 Å². The molecule has 0 aliphatic carbocycles. The molecule has 2 aromatic heterocycles. The number of fused-ring (bicyclic) bond motifs is 2. The van der Waals surface area contributed by atoms with Crippen LogP contribution in [0.2, 0.25) is 5.28 Å². The second kappa shape index (κ2) is 27.4. The van der Waals surface area contributed by atoms with Crippen molar-refractivity contribution in [1.82, 2.24) is 14.5 Å². The number of imidazole rings is 2. The second-order valence-corrected chi connectivity index (χ2v) is 16.8. The molecule has 0 saturated heterocycles. The summed E-state index contributed by atoms with van der Waals surface area (Å²) in [6, 6.07) is 36.7. The van der Waals surface area contributed by atoms with Crippen LogP contribution in [-0.4, -0.2) is 81.6 Å². The third-order valence-electron chi connectivity index (χ3n) is 11.2. The van der Waals surface area contributed by atoms with E-state index < -0.39 is 0 Å². The van der Waals surface area contributed by atoms with Crippen LogP contribution in [0, 0.1) is 63.5 Å². The lowest BCUT2D eigenvalue weighted by atomic mass is 10.0. The molecule has 8 rings (SSSR count). The van der Waals surface area contributed by atoms with Crippen LogP contribution >= 0.6 is 11.6 Å². The molecule has 0 bridgehead atoms. The van der Waals surface area contributed by atoms with Gasteiger partial charge in [0.2, 0.25) is 5.28 Å². The van der Waals surface area contributed by atoms with Gasteiger partial charge in [0, 0.05) is 31.3 Å². The monoisotopic (exact) mass is 981 g/mol. The first-order chi connectivity index (χ1) is 34.5. The minimum absolute atomic E-state index is 0.236. The molecule has 13 heteroatoms. The predicted molar refractivity (Wildman–Crippen MR) is 276 cm³/mol. The first kappa shape index (κ1) is 53.3. The minimum atomic E-state index is -0.241. The van der Waals surface area contributed by atoms with Crippen molar-refractivity contribution in [2.75, 3.05) is 67.1 Å². The lowest BCUT2D eigenvalue weighted by Gasteiger charge is -2.10. The second-order valence-electron chi connectivity index (χ2n) is 16.5. The lowest BCUT2D eigenvalue weighted by molar-refractivity contribution is -0.664.